The number of likely N-dealkylation sites (N-methyl/N-ethyl adjacent to an activating group) is 1. The number of allylic oxidation sites excluding steroid dienone is 3. The van der Waals surface area contributed by atoms with Crippen molar-refractivity contribution in [1.82, 2.24) is 25.1 Å². The molecule has 0 aliphatic carbocycles. The van der Waals surface area contributed by atoms with Gasteiger partial charge in [0.1, 0.15) is 5.82 Å². The van der Waals surface area contributed by atoms with Crippen LogP contribution in [-0.4, -0.2) is 89.4 Å². The summed E-state index contributed by atoms with van der Waals surface area (Å²) in [6, 6.07) is 2.55. The van der Waals surface area contributed by atoms with Crippen LogP contribution >= 0.6 is 0 Å². The Morgan fingerprint density at radius 3 is 2.46 bits per heavy atom. The second kappa shape index (κ2) is 13.5. The summed E-state index contributed by atoms with van der Waals surface area (Å²) in [5.41, 5.74) is 7.78. The first-order chi connectivity index (χ1) is 17.8. The van der Waals surface area contributed by atoms with Crippen molar-refractivity contribution in [3.05, 3.63) is 29.9 Å². The third-order valence-corrected chi connectivity index (χ3v) is 9.42. The van der Waals surface area contributed by atoms with Crippen molar-refractivity contribution < 1.29 is 19.4 Å². The molecular formula is C28H46N8W. The van der Waals surface area contributed by atoms with Gasteiger partial charge in [-0.2, -0.15) is 4.98 Å². The minimum absolute atomic E-state index is 0.373. The number of likely N-dealkylation sites (tertiary alicyclic amines) is 1. The monoisotopic (exact) mass is 678 g/mol. The first kappa shape index (κ1) is 28.4. The number of piperidine rings is 1. The summed E-state index contributed by atoms with van der Waals surface area (Å²) in [5.74, 6) is 3.36. The van der Waals surface area contributed by atoms with E-state index >= 15 is 0 Å². The van der Waals surface area contributed by atoms with E-state index in [1.807, 2.05) is 0 Å². The summed E-state index contributed by atoms with van der Waals surface area (Å²) in [6.07, 6.45) is 12.0. The molecule has 4 rings (SSSR count). The third-order valence-electron chi connectivity index (χ3n) is 7.97. The Labute approximate surface area is 234 Å². The maximum atomic E-state index is 6.26. The second-order valence-electron chi connectivity index (χ2n) is 11.0. The molecule has 8 nitrogen and oxygen atoms in total. The van der Waals surface area contributed by atoms with Crippen LogP contribution in [-0.2, 0) is 19.4 Å². The molecule has 9 heteroatoms. The number of piperazine rings is 1. The van der Waals surface area contributed by atoms with Crippen LogP contribution in [0, 0.1) is 11.8 Å². The van der Waals surface area contributed by atoms with Gasteiger partial charge in [0.2, 0.25) is 5.95 Å². The van der Waals surface area contributed by atoms with Gasteiger partial charge in [0, 0.05) is 26.2 Å². The van der Waals surface area contributed by atoms with Gasteiger partial charge in [0.05, 0.1) is 0 Å². The molecule has 0 bridgehead atoms. The fourth-order valence-corrected chi connectivity index (χ4v) is 6.87. The molecule has 0 radical (unpaired) electrons. The van der Waals surface area contributed by atoms with Crippen molar-refractivity contribution in [3.63, 3.8) is 0 Å². The number of nitrogen functional groups attached to an aromatic ring is 1. The summed E-state index contributed by atoms with van der Waals surface area (Å²) in [6.45, 7) is 15.1. The molecule has 2 saturated heterocycles. The molecule has 37 heavy (non-hydrogen) atoms. The Kier molecular flexibility index (Phi) is 10.3. The molecule has 0 saturated carbocycles. The van der Waals surface area contributed by atoms with E-state index in [0.29, 0.717) is 23.8 Å². The molecule has 1 aromatic heterocycles. The molecule has 1 aromatic rings. The molecule has 0 spiro atoms. The number of anilines is 3. The Bertz CT molecular complexity index is 963. The zero-order valence-corrected chi connectivity index (χ0v) is 26.1. The van der Waals surface area contributed by atoms with Gasteiger partial charge in [-0.3, -0.25) is 0 Å². The zero-order valence-electron chi connectivity index (χ0n) is 23.2. The molecule has 2 fully saturated rings. The van der Waals surface area contributed by atoms with Gasteiger partial charge in [-0.1, -0.05) is 0 Å². The van der Waals surface area contributed by atoms with Crippen molar-refractivity contribution in [3.8, 4) is 0 Å². The van der Waals surface area contributed by atoms with Crippen LogP contribution in [0.5, 0.6) is 0 Å². The second-order valence-corrected chi connectivity index (χ2v) is 12.3. The normalized spacial score (nSPS) is 27.5. The van der Waals surface area contributed by atoms with Gasteiger partial charge in [0.15, 0.2) is 0 Å². The van der Waals surface area contributed by atoms with Crippen LogP contribution in [0.2, 0.25) is 0 Å². The molecule has 2 atom stereocenters. The van der Waals surface area contributed by atoms with E-state index in [4.69, 9.17) is 10.7 Å². The van der Waals surface area contributed by atoms with E-state index in [1.165, 1.54) is 41.9 Å². The van der Waals surface area contributed by atoms with E-state index in [-0.39, 0.29) is 0 Å². The average Bonchev–Trinajstić information content (AvgIpc) is 2.89. The summed E-state index contributed by atoms with van der Waals surface area (Å²) in [4.78, 5) is 19.1. The van der Waals surface area contributed by atoms with Crippen LogP contribution < -0.4 is 20.9 Å². The van der Waals surface area contributed by atoms with Gasteiger partial charge in [-0.05, 0) is 7.05 Å². The Morgan fingerprint density at radius 2 is 1.76 bits per heavy atom. The summed E-state index contributed by atoms with van der Waals surface area (Å²) in [5, 5.41) is 3.53. The van der Waals surface area contributed by atoms with Crippen LogP contribution in [0.1, 0.15) is 46.5 Å². The third kappa shape index (κ3) is 7.72. The van der Waals surface area contributed by atoms with Crippen LogP contribution in [0.4, 0.5) is 17.6 Å². The van der Waals surface area contributed by atoms with E-state index in [0.717, 1.165) is 76.8 Å². The molecular weight excluding hydrogens is 632 g/mol. The van der Waals surface area contributed by atoms with Gasteiger partial charge in [-0.15, -0.1) is 0 Å². The van der Waals surface area contributed by atoms with Crippen molar-refractivity contribution >= 4 is 21.7 Å². The van der Waals surface area contributed by atoms with Gasteiger partial charge in [-0.25, -0.2) is 0 Å². The minimum atomic E-state index is 0.373. The number of nitrogens with zero attached hydrogens (tertiary/aromatic N) is 6. The van der Waals surface area contributed by atoms with Gasteiger partial charge >= 0.3 is 170 Å². The molecule has 3 N–H and O–H groups in total. The molecule has 4 heterocycles. The van der Waals surface area contributed by atoms with E-state index in [1.54, 1.807) is 0 Å². The summed E-state index contributed by atoms with van der Waals surface area (Å²) >= 11 is 1.54. The van der Waals surface area contributed by atoms with Gasteiger partial charge in [0.25, 0.3) is 0 Å². The molecule has 204 valence electrons. The topological polar surface area (TPSA) is 76.8 Å². The quantitative estimate of drug-likeness (QED) is 0.477. The molecule has 3 aliphatic heterocycles. The first-order valence-electron chi connectivity index (χ1n) is 14.1. The van der Waals surface area contributed by atoms with Crippen LogP contribution in [0.3, 0.4) is 0 Å². The number of nitrogens with two attached hydrogens (primary N) is 1. The maximum absolute atomic E-state index is 6.26. The fourth-order valence-electron chi connectivity index (χ4n) is 5.69. The van der Waals surface area contributed by atoms with Crippen molar-refractivity contribution in [2.45, 2.75) is 52.5 Å². The zero-order chi connectivity index (χ0) is 26.4. The van der Waals surface area contributed by atoms with Crippen molar-refractivity contribution in [2.75, 3.05) is 74.9 Å². The van der Waals surface area contributed by atoms with Crippen molar-refractivity contribution in [1.29, 1.82) is 0 Å². The summed E-state index contributed by atoms with van der Waals surface area (Å²) in [7, 11) is 2.18. The number of hydrogen-bond acceptors (Lipinski definition) is 8. The number of aromatic nitrogens is 2. The fraction of sp³-hybridized carbons (Fsp3) is 0.679. The standard InChI is InChI=1S/C28H46N8.W/c1-5-30-21-34-12-10-24(11-13-34)25-9-7-6-8-23(3)36(20-22(2)18-25)27-19-26(31-28(29)32-27)35-16-14-33(4)15-17-35;/h7,9,18-19,22-24,30H,5-6,8,10-17,20H2,1-4H3,(H2,29,31,32);/b9-7-,25-18+;. The van der Waals surface area contributed by atoms with E-state index < -0.39 is 0 Å². The van der Waals surface area contributed by atoms with Crippen LogP contribution in [0.25, 0.3) is 0 Å². The van der Waals surface area contributed by atoms with Crippen LogP contribution in [0.15, 0.2) is 29.9 Å². The van der Waals surface area contributed by atoms with Crippen molar-refractivity contribution in [2.24, 2.45) is 11.8 Å². The Hall–Kier alpha value is -1.60. The summed E-state index contributed by atoms with van der Waals surface area (Å²) < 4.78 is 1.40. The van der Waals surface area contributed by atoms with E-state index in [9.17, 15) is 0 Å². The Balaban J connectivity index is 1.49. The SMILES string of the molecule is CCN[C](=[W])N1CCC(C2=C/C(C)CN(c3cc(N4CCN(C)CC4)nc(N)n3)C(C)CC/C=C\2)CC1. The van der Waals surface area contributed by atoms with Gasteiger partial charge < -0.3 is 15.5 Å². The molecule has 2 unspecified atom stereocenters. The molecule has 0 aromatic carbocycles. The number of rotatable bonds is 6. The average molecular weight is 679 g/mol. The van der Waals surface area contributed by atoms with E-state index in [2.05, 4.69) is 82.0 Å². The first-order valence-corrected chi connectivity index (χ1v) is 15.6. The predicted octanol–water partition coefficient (Wildman–Crippen LogP) is 2.87. The Morgan fingerprint density at radius 1 is 1.05 bits per heavy atom. The molecule has 3 aliphatic rings. The predicted molar refractivity (Wildman–Crippen MR) is 152 cm³/mol. The number of nitrogens with one attached hydrogen (secondary N) is 1. The molecule has 0 amide bonds. The number of hydrogen-bond donors (Lipinski definition) is 2.